The van der Waals surface area contributed by atoms with Gasteiger partial charge < -0.3 is 20.7 Å². The van der Waals surface area contributed by atoms with Gasteiger partial charge in [0.25, 0.3) is 0 Å². The van der Waals surface area contributed by atoms with E-state index in [-0.39, 0.29) is 12.0 Å². The van der Waals surface area contributed by atoms with Gasteiger partial charge in [-0.3, -0.25) is 4.79 Å². The molecule has 1 aromatic carbocycles. The molecule has 0 aromatic heterocycles. The summed E-state index contributed by atoms with van der Waals surface area (Å²) in [6, 6.07) is 3.07. The third kappa shape index (κ3) is 2.08. The van der Waals surface area contributed by atoms with Gasteiger partial charge in [0.2, 0.25) is 5.91 Å². The summed E-state index contributed by atoms with van der Waals surface area (Å²) in [5.41, 5.74) is 8.25. The van der Waals surface area contributed by atoms with Gasteiger partial charge in [0, 0.05) is 31.5 Å². The van der Waals surface area contributed by atoms with E-state index in [4.69, 9.17) is 22.1 Å². The van der Waals surface area contributed by atoms with Crippen LogP contribution in [0.25, 0.3) is 0 Å². The first-order chi connectivity index (χ1) is 9.10. The Morgan fingerprint density at radius 1 is 1.53 bits per heavy atom. The van der Waals surface area contributed by atoms with Crippen LogP contribution < -0.4 is 16.0 Å². The lowest BCUT2D eigenvalue weighted by Crippen LogP contribution is -2.22. The maximum atomic E-state index is 11.6. The highest BCUT2D eigenvalue weighted by molar-refractivity contribution is 6.33. The molecular weight excluding hydrogens is 266 g/mol. The van der Waals surface area contributed by atoms with E-state index < -0.39 is 6.04 Å². The predicted molar refractivity (Wildman–Crippen MR) is 74.6 cm³/mol. The van der Waals surface area contributed by atoms with Crippen LogP contribution in [0.5, 0.6) is 0 Å². The van der Waals surface area contributed by atoms with E-state index in [9.17, 15) is 4.79 Å². The Bertz CT molecular complexity index is 535. The molecule has 0 aliphatic carbocycles. The number of fused-ring (bicyclic) bond motifs is 1. The van der Waals surface area contributed by atoms with Crippen molar-refractivity contribution >= 4 is 28.9 Å². The maximum Gasteiger partial charge on any atom is 0.245 e. The fourth-order valence-electron chi connectivity index (χ4n) is 2.68. The standard InChI is InChI=1S/C13H16ClN3O2/c1-19-7-2-3-17(6-7)11-5-10-8(4-9(11)14)12(15)13(18)16-10/h4-5,7,12H,2-3,6,15H2,1H3,(H,16,18). The van der Waals surface area contributed by atoms with Crippen LogP contribution in [0.4, 0.5) is 11.4 Å². The number of rotatable bonds is 2. The first-order valence-corrected chi connectivity index (χ1v) is 6.65. The van der Waals surface area contributed by atoms with Gasteiger partial charge in [-0.15, -0.1) is 0 Å². The number of nitrogens with one attached hydrogen (secondary N) is 1. The van der Waals surface area contributed by atoms with E-state index in [2.05, 4.69) is 10.2 Å². The first-order valence-electron chi connectivity index (χ1n) is 6.27. The number of nitrogens with zero attached hydrogens (tertiary/aromatic N) is 1. The smallest absolute Gasteiger partial charge is 0.245 e. The summed E-state index contributed by atoms with van der Waals surface area (Å²) < 4.78 is 5.35. The minimum Gasteiger partial charge on any atom is -0.380 e. The van der Waals surface area contributed by atoms with Gasteiger partial charge in [0.1, 0.15) is 6.04 Å². The van der Waals surface area contributed by atoms with Crippen molar-refractivity contribution in [1.29, 1.82) is 0 Å². The largest absolute Gasteiger partial charge is 0.380 e. The average Bonchev–Trinajstić information content (AvgIpc) is 2.96. The minimum absolute atomic E-state index is 0.181. The number of halogens is 1. The minimum atomic E-state index is -0.619. The Labute approximate surface area is 116 Å². The highest BCUT2D eigenvalue weighted by Crippen LogP contribution is 2.39. The van der Waals surface area contributed by atoms with Crippen LogP contribution in [0, 0.1) is 0 Å². The highest BCUT2D eigenvalue weighted by Gasteiger charge is 2.30. The Hall–Kier alpha value is -1.30. The van der Waals surface area contributed by atoms with Crippen LogP contribution in [-0.4, -0.2) is 32.2 Å². The van der Waals surface area contributed by atoms with Crippen molar-refractivity contribution in [3.63, 3.8) is 0 Å². The van der Waals surface area contributed by atoms with Gasteiger partial charge in [-0.05, 0) is 18.6 Å². The molecule has 0 spiro atoms. The average molecular weight is 282 g/mol. The highest BCUT2D eigenvalue weighted by atomic mass is 35.5. The van der Waals surface area contributed by atoms with Crippen molar-refractivity contribution in [3.8, 4) is 0 Å². The topological polar surface area (TPSA) is 67.6 Å². The molecule has 3 N–H and O–H groups in total. The molecule has 1 aromatic rings. The molecule has 2 aliphatic heterocycles. The Morgan fingerprint density at radius 3 is 3.00 bits per heavy atom. The number of carbonyl (C=O) groups excluding carboxylic acids is 1. The van der Waals surface area contributed by atoms with Crippen molar-refractivity contribution in [1.82, 2.24) is 0 Å². The molecule has 1 saturated heterocycles. The molecule has 6 heteroatoms. The number of amides is 1. The van der Waals surface area contributed by atoms with Crippen LogP contribution in [0.2, 0.25) is 5.02 Å². The number of hydrogen-bond donors (Lipinski definition) is 2. The molecule has 5 nitrogen and oxygen atoms in total. The molecule has 0 saturated carbocycles. The molecule has 0 radical (unpaired) electrons. The Morgan fingerprint density at radius 2 is 2.32 bits per heavy atom. The molecule has 1 fully saturated rings. The van der Waals surface area contributed by atoms with E-state index in [0.717, 1.165) is 36.4 Å². The van der Waals surface area contributed by atoms with Crippen molar-refractivity contribution in [2.45, 2.75) is 18.6 Å². The molecule has 0 bridgehead atoms. The van der Waals surface area contributed by atoms with E-state index in [1.807, 2.05) is 6.07 Å². The molecular formula is C13H16ClN3O2. The SMILES string of the molecule is COC1CCN(c2cc3c(cc2Cl)C(N)C(=O)N3)C1. The number of anilines is 2. The van der Waals surface area contributed by atoms with Crippen LogP contribution in [-0.2, 0) is 9.53 Å². The second-order valence-corrected chi connectivity index (χ2v) is 5.36. The maximum absolute atomic E-state index is 11.6. The molecule has 1 amide bonds. The molecule has 2 atom stereocenters. The summed E-state index contributed by atoms with van der Waals surface area (Å²) in [6.45, 7) is 1.71. The second kappa shape index (κ2) is 4.67. The first kappa shape index (κ1) is 12.7. The molecule has 2 heterocycles. The summed E-state index contributed by atoms with van der Waals surface area (Å²) in [5.74, 6) is -0.181. The predicted octanol–water partition coefficient (Wildman–Crippen LogP) is 1.52. The molecule has 102 valence electrons. The van der Waals surface area contributed by atoms with Crippen molar-refractivity contribution in [3.05, 3.63) is 22.7 Å². The lowest BCUT2D eigenvalue weighted by molar-refractivity contribution is -0.116. The zero-order chi connectivity index (χ0) is 13.6. The van der Waals surface area contributed by atoms with Gasteiger partial charge in [-0.1, -0.05) is 11.6 Å². The number of methoxy groups -OCH3 is 1. The van der Waals surface area contributed by atoms with E-state index >= 15 is 0 Å². The molecule has 3 rings (SSSR count). The van der Waals surface area contributed by atoms with Crippen molar-refractivity contribution < 1.29 is 9.53 Å². The van der Waals surface area contributed by atoms with E-state index in [1.165, 1.54) is 0 Å². The third-order valence-electron chi connectivity index (χ3n) is 3.81. The molecule has 2 aliphatic rings. The lowest BCUT2D eigenvalue weighted by atomic mass is 10.1. The summed E-state index contributed by atoms with van der Waals surface area (Å²) in [5, 5.41) is 3.41. The van der Waals surface area contributed by atoms with Gasteiger partial charge in [0.15, 0.2) is 0 Å². The van der Waals surface area contributed by atoms with Gasteiger partial charge in [0.05, 0.1) is 16.8 Å². The zero-order valence-electron chi connectivity index (χ0n) is 10.6. The molecule has 19 heavy (non-hydrogen) atoms. The van der Waals surface area contributed by atoms with Gasteiger partial charge in [-0.2, -0.15) is 0 Å². The monoisotopic (exact) mass is 281 g/mol. The van der Waals surface area contributed by atoms with Crippen molar-refractivity contribution in [2.75, 3.05) is 30.4 Å². The summed E-state index contributed by atoms with van der Waals surface area (Å²) in [7, 11) is 1.72. The van der Waals surface area contributed by atoms with Crippen LogP contribution >= 0.6 is 11.6 Å². The fraction of sp³-hybridized carbons (Fsp3) is 0.462. The van der Waals surface area contributed by atoms with Gasteiger partial charge >= 0.3 is 0 Å². The third-order valence-corrected chi connectivity index (χ3v) is 4.12. The number of ether oxygens (including phenoxy) is 1. The summed E-state index contributed by atoms with van der Waals surface area (Å²) in [6.07, 6.45) is 1.22. The quantitative estimate of drug-likeness (QED) is 0.862. The van der Waals surface area contributed by atoms with E-state index in [0.29, 0.717) is 5.02 Å². The zero-order valence-corrected chi connectivity index (χ0v) is 11.4. The second-order valence-electron chi connectivity index (χ2n) is 4.95. The normalized spacial score (nSPS) is 25.6. The number of hydrogen-bond acceptors (Lipinski definition) is 4. The molecule has 2 unspecified atom stereocenters. The Kier molecular flexibility index (Phi) is 3.12. The van der Waals surface area contributed by atoms with Crippen LogP contribution in [0.15, 0.2) is 12.1 Å². The van der Waals surface area contributed by atoms with Gasteiger partial charge in [-0.25, -0.2) is 0 Å². The van der Waals surface area contributed by atoms with Crippen LogP contribution in [0.1, 0.15) is 18.0 Å². The Balaban J connectivity index is 1.92. The fourth-order valence-corrected chi connectivity index (χ4v) is 2.97. The van der Waals surface area contributed by atoms with E-state index in [1.54, 1.807) is 13.2 Å². The number of benzene rings is 1. The number of carbonyl (C=O) groups is 1. The van der Waals surface area contributed by atoms with Crippen LogP contribution in [0.3, 0.4) is 0 Å². The summed E-state index contributed by atoms with van der Waals surface area (Å²) in [4.78, 5) is 13.7. The lowest BCUT2D eigenvalue weighted by Gasteiger charge is -2.21. The summed E-state index contributed by atoms with van der Waals surface area (Å²) >= 11 is 6.31. The number of nitrogens with two attached hydrogens (primary N) is 1. The van der Waals surface area contributed by atoms with Crippen molar-refractivity contribution in [2.24, 2.45) is 5.73 Å².